The second kappa shape index (κ2) is 2.88. The number of allylic oxidation sites excluding steroid dienone is 8. The van der Waals surface area contributed by atoms with Crippen LogP contribution in [0.2, 0.25) is 0 Å². The molecule has 2 rings (SSSR count). The monoisotopic (exact) mass is 170 g/mol. The van der Waals surface area contributed by atoms with Crippen molar-refractivity contribution < 1.29 is 0 Å². The quantitative estimate of drug-likeness (QED) is 0.522. The predicted molar refractivity (Wildman–Crippen MR) is 57.3 cm³/mol. The first-order chi connectivity index (χ1) is 6.20. The summed E-state index contributed by atoms with van der Waals surface area (Å²) in [5, 5.41) is 0. The van der Waals surface area contributed by atoms with Crippen molar-refractivity contribution in [3.63, 3.8) is 0 Å². The van der Waals surface area contributed by atoms with Crippen molar-refractivity contribution in [2.24, 2.45) is 11.8 Å². The first-order valence-corrected chi connectivity index (χ1v) is 4.64. The molecule has 13 heavy (non-hydrogen) atoms. The van der Waals surface area contributed by atoms with Crippen molar-refractivity contribution in [3.05, 3.63) is 60.3 Å². The maximum Gasteiger partial charge on any atom is 0.0266 e. The molecule has 0 aromatic heterocycles. The number of fused-ring (bicyclic) bond motifs is 1. The Kier molecular flexibility index (Phi) is 1.84. The number of hydrogen-bond donors (Lipinski definition) is 0. The molecule has 2 atom stereocenters. The van der Waals surface area contributed by atoms with Gasteiger partial charge in [-0.05, 0) is 22.6 Å². The van der Waals surface area contributed by atoms with E-state index in [4.69, 9.17) is 0 Å². The fourth-order valence-corrected chi connectivity index (χ4v) is 1.91. The summed E-state index contributed by atoms with van der Waals surface area (Å²) in [7, 11) is 0. The Morgan fingerprint density at radius 1 is 1.15 bits per heavy atom. The van der Waals surface area contributed by atoms with Crippen molar-refractivity contribution >= 4 is 0 Å². The minimum absolute atomic E-state index is 0.383. The molecule has 0 heteroatoms. The topological polar surface area (TPSA) is 0 Å². The van der Waals surface area contributed by atoms with Crippen LogP contribution < -0.4 is 0 Å². The lowest BCUT2D eigenvalue weighted by Crippen LogP contribution is -2.16. The van der Waals surface area contributed by atoms with Gasteiger partial charge in [-0.2, -0.15) is 0 Å². The summed E-state index contributed by atoms with van der Waals surface area (Å²) in [6.07, 6.45) is 10.8. The Morgan fingerprint density at radius 2 is 1.92 bits per heavy atom. The molecule has 2 unspecified atom stereocenters. The van der Waals surface area contributed by atoms with Crippen LogP contribution in [0, 0.1) is 11.8 Å². The van der Waals surface area contributed by atoms with Crippen LogP contribution in [-0.2, 0) is 0 Å². The smallest absolute Gasteiger partial charge is 0.0266 e. The zero-order valence-corrected chi connectivity index (χ0v) is 7.96. The van der Waals surface area contributed by atoms with Crippen LogP contribution in [0.15, 0.2) is 60.3 Å². The van der Waals surface area contributed by atoms with E-state index in [9.17, 15) is 0 Å². The van der Waals surface area contributed by atoms with E-state index >= 15 is 0 Å². The molecule has 0 spiro atoms. The Labute approximate surface area is 79.7 Å². The van der Waals surface area contributed by atoms with Gasteiger partial charge >= 0.3 is 0 Å². The second-order valence-electron chi connectivity index (χ2n) is 3.73. The standard InChI is InChI=1S/C13H14/c1-9-8-12-6-4-5-7-13(12)11(3)10(9)2/h4-9,13H,2-3H2,1H3. The maximum absolute atomic E-state index is 4.10. The van der Waals surface area contributed by atoms with Gasteiger partial charge in [-0.3, -0.25) is 0 Å². The van der Waals surface area contributed by atoms with Crippen LogP contribution in [0.4, 0.5) is 0 Å². The van der Waals surface area contributed by atoms with E-state index in [0.717, 1.165) is 0 Å². The molecule has 0 heterocycles. The first kappa shape index (κ1) is 8.31. The van der Waals surface area contributed by atoms with E-state index in [1.807, 2.05) is 0 Å². The molecule has 0 fully saturated rings. The van der Waals surface area contributed by atoms with Crippen LogP contribution in [-0.4, -0.2) is 0 Å². The van der Waals surface area contributed by atoms with Crippen LogP contribution in [0.3, 0.4) is 0 Å². The van der Waals surface area contributed by atoms with Crippen molar-refractivity contribution in [3.8, 4) is 0 Å². The number of rotatable bonds is 0. The minimum atomic E-state index is 0.383. The average molecular weight is 170 g/mol. The van der Waals surface area contributed by atoms with Gasteiger partial charge in [0.15, 0.2) is 0 Å². The van der Waals surface area contributed by atoms with Crippen LogP contribution in [0.1, 0.15) is 6.92 Å². The molecule has 0 aromatic rings. The Bertz CT molecular complexity index is 350. The summed E-state index contributed by atoms with van der Waals surface area (Å²) in [5.74, 6) is 0.823. The van der Waals surface area contributed by atoms with E-state index in [2.05, 4.69) is 50.5 Å². The Morgan fingerprint density at radius 3 is 2.69 bits per heavy atom. The van der Waals surface area contributed by atoms with E-state index in [1.54, 1.807) is 0 Å². The van der Waals surface area contributed by atoms with Gasteiger partial charge in [-0.1, -0.05) is 50.5 Å². The molecule has 0 N–H and O–H groups in total. The highest BCUT2D eigenvalue weighted by Crippen LogP contribution is 2.38. The molecule has 0 radical (unpaired) electrons. The number of hydrogen-bond acceptors (Lipinski definition) is 0. The summed E-state index contributed by atoms with van der Waals surface area (Å²) in [6, 6.07) is 0. The molecular formula is C13H14. The lowest BCUT2D eigenvalue weighted by molar-refractivity contribution is 0.760. The summed E-state index contributed by atoms with van der Waals surface area (Å²) in [4.78, 5) is 0. The molecule has 0 bridgehead atoms. The fourth-order valence-electron chi connectivity index (χ4n) is 1.91. The van der Waals surface area contributed by atoms with Gasteiger partial charge in [0, 0.05) is 5.92 Å². The summed E-state index contributed by atoms with van der Waals surface area (Å²) in [6.45, 7) is 10.3. The lowest BCUT2D eigenvalue weighted by Gasteiger charge is -2.29. The second-order valence-corrected chi connectivity index (χ2v) is 3.73. The summed E-state index contributed by atoms with van der Waals surface area (Å²) in [5.41, 5.74) is 3.71. The third kappa shape index (κ3) is 1.23. The fraction of sp³-hybridized carbons (Fsp3) is 0.231. The molecule has 66 valence electrons. The van der Waals surface area contributed by atoms with E-state index in [0.29, 0.717) is 11.8 Å². The zero-order valence-electron chi connectivity index (χ0n) is 7.96. The van der Waals surface area contributed by atoms with Crippen molar-refractivity contribution in [2.75, 3.05) is 0 Å². The lowest BCUT2D eigenvalue weighted by atomic mass is 9.75. The molecule has 0 aromatic carbocycles. The van der Waals surface area contributed by atoms with Crippen LogP contribution in [0.5, 0.6) is 0 Å². The third-order valence-electron chi connectivity index (χ3n) is 2.84. The van der Waals surface area contributed by atoms with Crippen molar-refractivity contribution in [1.29, 1.82) is 0 Å². The van der Waals surface area contributed by atoms with Gasteiger partial charge < -0.3 is 0 Å². The van der Waals surface area contributed by atoms with Gasteiger partial charge in [-0.15, -0.1) is 0 Å². The van der Waals surface area contributed by atoms with Crippen molar-refractivity contribution in [1.82, 2.24) is 0 Å². The summed E-state index contributed by atoms with van der Waals surface area (Å²) >= 11 is 0. The molecule has 2 aliphatic carbocycles. The third-order valence-corrected chi connectivity index (χ3v) is 2.84. The Hall–Kier alpha value is -1.30. The largest absolute Gasteiger partial charge is 0.0950 e. The summed E-state index contributed by atoms with van der Waals surface area (Å²) < 4.78 is 0. The molecule has 0 nitrogen and oxygen atoms in total. The molecule has 0 aliphatic heterocycles. The molecule has 0 saturated heterocycles. The molecule has 0 amide bonds. The maximum atomic E-state index is 4.10. The van der Waals surface area contributed by atoms with Gasteiger partial charge in [0.2, 0.25) is 0 Å². The SMILES string of the molecule is C=C1C(=C)C2C=CC=CC2=CC1C. The highest BCUT2D eigenvalue weighted by molar-refractivity contribution is 5.50. The van der Waals surface area contributed by atoms with E-state index < -0.39 is 0 Å². The molecule has 0 saturated carbocycles. The normalized spacial score (nSPS) is 31.6. The van der Waals surface area contributed by atoms with Gasteiger partial charge in [-0.25, -0.2) is 0 Å². The van der Waals surface area contributed by atoms with Gasteiger partial charge in [0.25, 0.3) is 0 Å². The van der Waals surface area contributed by atoms with Crippen molar-refractivity contribution in [2.45, 2.75) is 6.92 Å². The minimum Gasteiger partial charge on any atom is -0.0950 e. The predicted octanol–water partition coefficient (Wildman–Crippen LogP) is 3.42. The Balaban J connectivity index is 2.46. The van der Waals surface area contributed by atoms with Crippen LogP contribution >= 0.6 is 0 Å². The van der Waals surface area contributed by atoms with Gasteiger partial charge in [0.05, 0.1) is 0 Å². The zero-order chi connectivity index (χ0) is 9.42. The molecular weight excluding hydrogens is 156 g/mol. The highest BCUT2D eigenvalue weighted by atomic mass is 14.3. The average Bonchev–Trinajstić information content (AvgIpc) is 2.15. The molecule has 2 aliphatic rings. The van der Waals surface area contributed by atoms with Crippen LogP contribution in [0.25, 0.3) is 0 Å². The van der Waals surface area contributed by atoms with Gasteiger partial charge in [0.1, 0.15) is 0 Å². The first-order valence-electron chi connectivity index (χ1n) is 4.64. The van der Waals surface area contributed by atoms with E-state index in [1.165, 1.54) is 16.7 Å². The highest BCUT2D eigenvalue weighted by Gasteiger charge is 2.24. The van der Waals surface area contributed by atoms with E-state index in [-0.39, 0.29) is 0 Å².